The van der Waals surface area contributed by atoms with E-state index in [1.165, 1.54) is 0 Å². The number of hydrogen-bond donors (Lipinski definition) is 2. The molecular formula is C11H20N2O3. The SMILES string of the molecule is CC(C)NCC(=O)N(CCC(=O)O)C1CC1. The molecule has 1 amide bonds. The molecule has 5 heteroatoms. The van der Waals surface area contributed by atoms with Crippen molar-refractivity contribution >= 4 is 11.9 Å². The molecule has 92 valence electrons. The van der Waals surface area contributed by atoms with Crippen LogP contribution in [0, 0.1) is 0 Å². The highest BCUT2D eigenvalue weighted by molar-refractivity contribution is 5.79. The van der Waals surface area contributed by atoms with E-state index in [-0.39, 0.29) is 24.4 Å². The summed E-state index contributed by atoms with van der Waals surface area (Å²) >= 11 is 0. The van der Waals surface area contributed by atoms with E-state index in [0.717, 1.165) is 12.8 Å². The second kappa shape index (κ2) is 5.84. The lowest BCUT2D eigenvalue weighted by atomic mass is 10.3. The molecule has 0 heterocycles. The van der Waals surface area contributed by atoms with Gasteiger partial charge < -0.3 is 15.3 Å². The number of amides is 1. The molecule has 1 aliphatic carbocycles. The second-order valence-electron chi connectivity index (χ2n) is 4.50. The summed E-state index contributed by atoms with van der Waals surface area (Å²) in [4.78, 5) is 24.0. The Morgan fingerprint density at radius 1 is 1.44 bits per heavy atom. The Kier molecular flexibility index (Phi) is 4.73. The van der Waals surface area contributed by atoms with Crippen molar-refractivity contribution in [1.82, 2.24) is 10.2 Å². The van der Waals surface area contributed by atoms with E-state index in [4.69, 9.17) is 5.11 Å². The Morgan fingerprint density at radius 2 is 2.06 bits per heavy atom. The van der Waals surface area contributed by atoms with Crippen molar-refractivity contribution in [2.24, 2.45) is 0 Å². The monoisotopic (exact) mass is 228 g/mol. The molecule has 1 aliphatic rings. The van der Waals surface area contributed by atoms with E-state index < -0.39 is 5.97 Å². The summed E-state index contributed by atoms with van der Waals surface area (Å²) in [5.74, 6) is -0.840. The van der Waals surface area contributed by atoms with Crippen molar-refractivity contribution in [1.29, 1.82) is 0 Å². The third kappa shape index (κ3) is 4.61. The lowest BCUT2D eigenvalue weighted by Gasteiger charge is -2.22. The number of aliphatic carboxylic acids is 1. The molecule has 2 N–H and O–H groups in total. The maximum Gasteiger partial charge on any atom is 0.305 e. The largest absolute Gasteiger partial charge is 0.481 e. The van der Waals surface area contributed by atoms with E-state index in [2.05, 4.69) is 5.32 Å². The van der Waals surface area contributed by atoms with Gasteiger partial charge in [0.25, 0.3) is 0 Å². The van der Waals surface area contributed by atoms with Gasteiger partial charge in [0.2, 0.25) is 5.91 Å². The summed E-state index contributed by atoms with van der Waals surface area (Å²) in [5.41, 5.74) is 0. The molecule has 0 aromatic carbocycles. The first-order valence-corrected chi connectivity index (χ1v) is 5.75. The molecule has 1 rings (SSSR count). The van der Waals surface area contributed by atoms with Gasteiger partial charge in [-0.3, -0.25) is 9.59 Å². The van der Waals surface area contributed by atoms with Crippen LogP contribution < -0.4 is 5.32 Å². The summed E-state index contributed by atoms with van der Waals surface area (Å²) < 4.78 is 0. The van der Waals surface area contributed by atoms with Crippen molar-refractivity contribution in [3.63, 3.8) is 0 Å². The highest BCUT2D eigenvalue weighted by atomic mass is 16.4. The fourth-order valence-electron chi connectivity index (χ4n) is 1.51. The van der Waals surface area contributed by atoms with Crippen LogP contribution in [0.25, 0.3) is 0 Å². The number of hydrogen-bond acceptors (Lipinski definition) is 3. The first-order valence-electron chi connectivity index (χ1n) is 5.75. The van der Waals surface area contributed by atoms with Crippen molar-refractivity contribution in [3.05, 3.63) is 0 Å². The van der Waals surface area contributed by atoms with E-state index in [1.54, 1.807) is 4.90 Å². The number of carboxylic acids is 1. The van der Waals surface area contributed by atoms with Gasteiger partial charge in [-0.1, -0.05) is 13.8 Å². The van der Waals surface area contributed by atoms with Crippen LogP contribution in [0.1, 0.15) is 33.1 Å². The topological polar surface area (TPSA) is 69.6 Å². The van der Waals surface area contributed by atoms with Crippen LogP contribution >= 0.6 is 0 Å². The lowest BCUT2D eigenvalue weighted by Crippen LogP contribution is -2.42. The maximum absolute atomic E-state index is 11.8. The molecule has 0 aromatic heterocycles. The van der Waals surface area contributed by atoms with Crippen molar-refractivity contribution in [3.8, 4) is 0 Å². The first-order chi connectivity index (χ1) is 7.50. The minimum Gasteiger partial charge on any atom is -0.481 e. The van der Waals surface area contributed by atoms with Crippen LogP contribution in [0.3, 0.4) is 0 Å². The van der Waals surface area contributed by atoms with Gasteiger partial charge in [0.05, 0.1) is 13.0 Å². The summed E-state index contributed by atoms with van der Waals surface area (Å²) in [6.07, 6.45) is 2.05. The normalized spacial score (nSPS) is 15.2. The third-order valence-corrected chi connectivity index (χ3v) is 2.54. The number of carboxylic acid groups (broad SMARTS) is 1. The Hall–Kier alpha value is -1.10. The molecule has 0 radical (unpaired) electrons. The highest BCUT2D eigenvalue weighted by Gasteiger charge is 2.32. The van der Waals surface area contributed by atoms with Crippen molar-refractivity contribution < 1.29 is 14.7 Å². The number of nitrogens with one attached hydrogen (secondary N) is 1. The second-order valence-corrected chi connectivity index (χ2v) is 4.50. The van der Waals surface area contributed by atoms with E-state index >= 15 is 0 Å². The average molecular weight is 228 g/mol. The van der Waals surface area contributed by atoms with Crippen LogP contribution in [-0.2, 0) is 9.59 Å². The first kappa shape index (κ1) is 13.0. The minimum atomic E-state index is -0.852. The van der Waals surface area contributed by atoms with E-state index in [1.807, 2.05) is 13.8 Å². The maximum atomic E-state index is 11.8. The zero-order valence-electron chi connectivity index (χ0n) is 9.90. The van der Waals surface area contributed by atoms with E-state index in [9.17, 15) is 9.59 Å². The van der Waals surface area contributed by atoms with Gasteiger partial charge in [-0.15, -0.1) is 0 Å². The number of carbonyl (C=O) groups excluding carboxylic acids is 1. The van der Waals surface area contributed by atoms with E-state index in [0.29, 0.717) is 13.1 Å². The van der Waals surface area contributed by atoms with Crippen LogP contribution in [0.5, 0.6) is 0 Å². The van der Waals surface area contributed by atoms with Gasteiger partial charge in [-0.2, -0.15) is 0 Å². The molecule has 0 bridgehead atoms. The minimum absolute atomic E-state index is 0.0115. The Labute approximate surface area is 95.8 Å². The van der Waals surface area contributed by atoms with Crippen LogP contribution in [0.15, 0.2) is 0 Å². The zero-order valence-corrected chi connectivity index (χ0v) is 9.90. The smallest absolute Gasteiger partial charge is 0.305 e. The average Bonchev–Trinajstić information content (AvgIpc) is 2.98. The molecule has 0 aliphatic heterocycles. The molecule has 0 saturated heterocycles. The Morgan fingerprint density at radius 3 is 2.50 bits per heavy atom. The molecule has 1 fully saturated rings. The molecule has 0 unspecified atom stereocenters. The number of carbonyl (C=O) groups is 2. The third-order valence-electron chi connectivity index (χ3n) is 2.54. The predicted octanol–water partition coefficient (Wildman–Crippen LogP) is 0.450. The Balaban J connectivity index is 2.36. The van der Waals surface area contributed by atoms with Gasteiger partial charge in [0.15, 0.2) is 0 Å². The molecule has 0 aromatic rings. The van der Waals surface area contributed by atoms with Gasteiger partial charge in [0, 0.05) is 18.6 Å². The molecular weight excluding hydrogens is 208 g/mol. The fourth-order valence-corrected chi connectivity index (χ4v) is 1.51. The van der Waals surface area contributed by atoms with Crippen LogP contribution in [0.2, 0.25) is 0 Å². The summed E-state index contributed by atoms with van der Waals surface area (Å²) in [5, 5.41) is 11.7. The quantitative estimate of drug-likeness (QED) is 0.664. The standard InChI is InChI=1S/C11H20N2O3/c1-8(2)12-7-10(14)13(9-3-4-9)6-5-11(15)16/h8-9,12H,3-7H2,1-2H3,(H,15,16). The Bertz CT molecular complexity index is 262. The fraction of sp³-hybridized carbons (Fsp3) is 0.818. The van der Waals surface area contributed by atoms with Gasteiger partial charge in [-0.05, 0) is 12.8 Å². The predicted molar refractivity (Wildman–Crippen MR) is 60.1 cm³/mol. The van der Waals surface area contributed by atoms with Gasteiger partial charge in [-0.25, -0.2) is 0 Å². The number of rotatable bonds is 7. The zero-order chi connectivity index (χ0) is 12.1. The molecule has 16 heavy (non-hydrogen) atoms. The molecule has 0 atom stereocenters. The molecule has 5 nitrogen and oxygen atoms in total. The van der Waals surface area contributed by atoms with Gasteiger partial charge in [0.1, 0.15) is 0 Å². The number of nitrogens with zero attached hydrogens (tertiary/aromatic N) is 1. The lowest BCUT2D eigenvalue weighted by molar-refractivity contribution is -0.138. The highest BCUT2D eigenvalue weighted by Crippen LogP contribution is 2.26. The molecule has 1 saturated carbocycles. The van der Waals surface area contributed by atoms with Crippen LogP contribution in [-0.4, -0.2) is 47.1 Å². The van der Waals surface area contributed by atoms with Crippen LogP contribution in [0.4, 0.5) is 0 Å². The van der Waals surface area contributed by atoms with Crippen molar-refractivity contribution in [2.45, 2.75) is 45.2 Å². The van der Waals surface area contributed by atoms with Gasteiger partial charge >= 0.3 is 5.97 Å². The van der Waals surface area contributed by atoms with Crippen molar-refractivity contribution in [2.75, 3.05) is 13.1 Å². The summed E-state index contributed by atoms with van der Waals surface area (Å²) in [6, 6.07) is 0.547. The summed E-state index contributed by atoms with van der Waals surface area (Å²) in [6.45, 7) is 4.59. The summed E-state index contributed by atoms with van der Waals surface area (Å²) in [7, 11) is 0. The molecule has 0 spiro atoms.